The molecule has 41 heavy (non-hydrogen) atoms. The number of esters is 1. The predicted molar refractivity (Wildman–Crippen MR) is 156 cm³/mol. The van der Waals surface area contributed by atoms with Gasteiger partial charge in [-0.3, -0.25) is 29.5 Å². The number of benzene rings is 2. The van der Waals surface area contributed by atoms with Gasteiger partial charge in [-0.05, 0) is 37.5 Å². The number of aliphatic hydroxyl groups excluding tert-OH is 1. The average Bonchev–Trinajstić information content (AvgIpc) is 3.58. The topological polar surface area (TPSA) is 130 Å². The first-order valence-corrected chi connectivity index (χ1v) is 15.3. The maximum absolute atomic E-state index is 13.4. The fraction of sp³-hybridized carbons (Fsp3) is 0.414. The van der Waals surface area contributed by atoms with Crippen molar-refractivity contribution in [3.63, 3.8) is 0 Å². The number of nitro groups is 1. The first kappa shape index (κ1) is 29.3. The van der Waals surface area contributed by atoms with Crippen LogP contribution in [0.15, 0.2) is 64.5 Å². The minimum Gasteiger partial charge on any atom is -0.456 e. The Balaban J connectivity index is 1.29. The molecule has 3 aliphatic rings. The zero-order chi connectivity index (χ0) is 29.3. The van der Waals surface area contributed by atoms with Gasteiger partial charge in [-0.2, -0.15) is 0 Å². The molecular weight excluding hydrogens is 566 g/mol. The third kappa shape index (κ3) is 5.92. The number of nitrogens with zero attached hydrogens (tertiary/aromatic N) is 3. The monoisotopic (exact) mass is 597 g/mol. The second kappa shape index (κ2) is 12.4. The molecular formula is C29H31N3O7S2. The lowest BCUT2D eigenvalue weighted by molar-refractivity contribution is -0.384. The highest BCUT2D eigenvalue weighted by Crippen LogP contribution is 2.55. The van der Waals surface area contributed by atoms with E-state index >= 15 is 0 Å². The molecule has 0 aromatic heterocycles. The lowest BCUT2D eigenvalue weighted by Crippen LogP contribution is -2.61. The van der Waals surface area contributed by atoms with Crippen molar-refractivity contribution in [3.8, 4) is 0 Å². The van der Waals surface area contributed by atoms with Crippen LogP contribution < -0.4 is 0 Å². The zero-order valence-electron chi connectivity index (χ0n) is 22.7. The lowest BCUT2D eigenvalue weighted by atomic mass is 9.90. The number of fused-ring (bicyclic) bond motifs is 1. The summed E-state index contributed by atoms with van der Waals surface area (Å²) in [4.78, 5) is 53.4. The largest absolute Gasteiger partial charge is 0.456 e. The number of Topliss-reactive ketones (excluding diaryl/α,β-unsaturated/α-hetero) is 1. The molecule has 0 saturated carbocycles. The minimum atomic E-state index is -0.801. The van der Waals surface area contributed by atoms with Gasteiger partial charge in [0.1, 0.15) is 12.0 Å². The van der Waals surface area contributed by atoms with Gasteiger partial charge in [0, 0.05) is 36.0 Å². The molecule has 3 aliphatic heterocycles. The molecule has 0 bridgehead atoms. The summed E-state index contributed by atoms with van der Waals surface area (Å²) in [5, 5.41) is 21.1. The number of ether oxygens (including phenoxy) is 1. The molecule has 0 aliphatic carbocycles. The van der Waals surface area contributed by atoms with Gasteiger partial charge in [-0.15, -0.1) is 11.8 Å². The van der Waals surface area contributed by atoms with Crippen LogP contribution >= 0.6 is 23.5 Å². The molecule has 10 nitrogen and oxygen atoms in total. The van der Waals surface area contributed by atoms with Gasteiger partial charge >= 0.3 is 5.97 Å². The number of likely N-dealkylation sites (tertiary alicyclic amines) is 1. The van der Waals surface area contributed by atoms with Gasteiger partial charge in [-0.1, -0.05) is 49.0 Å². The number of hydrogen-bond acceptors (Lipinski definition) is 10. The summed E-state index contributed by atoms with van der Waals surface area (Å²) in [7, 11) is 0. The molecule has 2 fully saturated rings. The van der Waals surface area contributed by atoms with Crippen LogP contribution in [0.2, 0.25) is 0 Å². The first-order chi connectivity index (χ1) is 19.7. The van der Waals surface area contributed by atoms with E-state index in [2.05, 4.69) is 4.90 Å². The second-order valence-corrected chi connectivity index (χ2v) is 13.0. The normalized spacial score (nSPS) is 23.6. The number of hydrogen-bond donors (Lipinski definition) is 1. The predicted octanol–water partition coefficient (Wildman–Crippen LogP) is 4.19. The first-order valence-electron chi connectivity index (χ1n) is 13.5. The quantitative estimate of drug-likeness (QED) is 0.132. The van der Waals surface area contributed by atoms with Crippen LogP contribution in [0.4, 0.5) is 5.69 Å². The molecule has 1 amide bonds. The van der Waals surface area contributed by atoms with Crippen molar-refractivity contribution in [2.24, 2.45) is 5.92 Å². The summed E-state index contributed by atoms with van der Waals surface area (Å²) in [6.45, 7) is 5.01. The van der Waals surface area contributed by atoms with Crippen molar-refractivity contribution in [2.45, 2.75) is 56.1 Å². The van der Waals surface area contributed by atoms with Crippen LogP contribution in [0.1, 0.15) is 42.6 Å². The highest BCUT2D eigenvalue weighted by molar-refractivity contribution is 8.23. The van der Waals surface area contributed by atoms with E-state index in [1.54, 1.807) is 0 Å². The molecule has 2 saturated heterocycles. The van der Waals surface area contributed by atoms with Crippen LogP contribution in [0, 0.1) is 16.0 Å². The number of ketones is 1. The van der Waals surface area contributed by atoms with Crippen molar-refractivity contribution < 1.29 is 29.2 Å². The molecule has 1 N–H and O–H groups in total. The van der Waals surface area contributed by atoms with Gasteiger partial charge < -0.3 is 9.84 Å². The van der Waals surface area contributed by atoms with Crippen molar-refractivity contribution in [1.29, 1.82) is 0 Å². The number of β-lactam (4-membered cyclic amide) rings is 1. The number of non-ortho nitro benzene ring substituents is 1. The molecule has 216 valence electrons. The summed E-state index contributed by atoms with van der Waals surface area (Å²) in [6.07, 6.45) is 0.436. The van der Waals surface area contributed by atoms with E-state index in [0.717, 1.165) is 13.0 Å². The van der Waals surface area contributed by atoms with E-state index in [1.807, 2.05) is 44.2 Å². The summed E-state index contributed by atoms with van der Waals surface area (Å²) in [5.41, 5.74) is 1.38. The molecule has 0 spiro atoms. The number of aliphatic hydroxyl groups is 1. The van der Waals surface area contributed by atoms with E-state index in [9.17, 15) is 29.6 Å². The van der Waals surface area contributed by atoms with Gasteiger partial charge in [-0.25, -0.2) is 4.79 Å². The number of thioether (sulfide) groups is 2. The minimum absolute atomic E-state index is 0.0615. The number of rotatable bonds is 11. The van der Waals surface area contributed by atoms with E-state index < -0.39 is 22.9 Å². The Labute approximate surface area is 246 Å². The zero-order valence-corrected chi connectivity index (χ0v) is 24.3. The summed E-state index contributed by atoms with van der Waals surface area (Å²) >= 11 is 2.92. The SMILES string of the molecule is CC[C@H](O)[C@@H]1C(=O)N2C(C(=O)OCc3ccc([N+](=O)[O-])cc3)=C(S[C@H]3CCN(C(C)C(=O)c4ccccc4)C3)S[C@H]12. The number of nitro benzene ring substituents is 1. The van der Waals surface area contributed by atoms with Gasteiger partial charge in [0.15, 0.2) is 11.5 Å². The van der Waals surface area contributed by atoms with Gasteiger partial charge in [0.05, 0.1) is 27.2 Å². The number of carbonyl (C=O) groups is 3. The summed E-state index contributed by atoms with van der Waals surface area (Å²) < 4.78 is 6.24. The van der Waals surface area contributed by atoms with E-state index in [4.69, 9.17) is 4.74 Å². The van der Waals surface area contributed by atoms with Crippen molar-refractivity contribution in [3.05, 3.63) is 85.8 Å². The van der Waals surface area contributed by atoms with Crippen LogP contribution in [-0.2, 0) is 20.9 Å². The summed E-state index contributed by atoms with van der Waals surface area (Å²) in [6, 6.07) is 14.7. The third-order valence-electron chi connectivity index (χ3n) is 7.73. The Morgan fingerprint density at radius 2 is 1.90 bits per heavy atom. The Kier molecular flexibility index (Phi) is 8.83. The second-order valence-electron chi connectivity index (χ2n) is 10.3. The van der Waals surface area contributed by atoms with Crippen LogP contribution in [-0.4, -0.2) is 73.3 Å². The summed E-state index contributed by atoms with van der Waals surface area (Å²) in [5.74, 6) is -1.48. The highest BCUT2D eigenvalue weighted by atomic mass is 32.2. The standard InChI is InChI=1S/C29H31N3O7S2/c1-3-22(33)23-26(35)31-24(28(36)39-16-18-9-11-20(12-10-18)32(37)38)29(41-27(23)31)40-21-13-14-30(15-21)17(2)25(34)19-7-5-4-6-8-19/h4-12,17,21-23,27,33H,3,13-16H2,1-2H3/t17?,21-,22-,23+,27+/m0/s1. The maximum Gasteiger partial charge on any atom is 0.357 e. The van der Waals surface area contributed by atoms with Gasteiger partial charge in [0.2, 0.25) is 5.91 Å². The number of carbonyl (C=O) groups excluding carboxylic acids is 3. The fourth-order valence-corrected chi connectivity index (χ4v) is 8.56. The Morgan fingerprint density at radius 3 is 2.56 bits per heavy atom. The smallest absolute Gasteiger partial charge is 0.357 e. The molecule has 3 heterocycles. The maximum atomic E-state index is 13.4. The van der Waals surface area contributed by atoms with E-state index in [1.165, 1.54) is 52.7 Å². The van der Waals surface area contributed by atoms with Crippen LogP contribution in [0.3, 0.4) is 0 Å². The highest BCUT2D eigenvalue weighted by Gasteiger charge is 2.58. The lowest BCUT2D eigenvalue weighted by Gasteiger charge is -2.44. The molecule has 5 atom stereocenters. The Morgan fingerprint density at radius 1 is 1.20 bits per heavy atom. The molecule has 2 aromatic carbocycles. The Bertz CT molecular complexity index is 1370. The van der Waals surface area contributed by atoms with E-state index in [0.29, 0.717) is 28.3 Å². The van der Waals surface area contributed by atoms with Crippen LogP contribution in [0.5, 0.6) is 0 Å². The molecule has 12 heteroatoms. The molecule has 2 aromatic rings. The van der Waals surface area contributed by atoms with Crippen LogP contribution in [0.25, 0.3) is 0 Å². The average molecular weight is 598 g/mol. The van der Waals surface area contributed by atoms with Crippen molar-refractivity contribution >= 4 is 46.9 Å². The third-order valence-corrected chi connectivity index (χ3v) is 10.6. The van der Waals surface area contributed by atoms with Crippen molar-refractivity contribution in [2.75, 3.05) is 13.1 Å². The van der Waals surface area contributed by atoms with E-state index in [-0.39, 0.29) is 46.3 Å². The van der Waals surface area contributed by atoms with Gasteiger partial charge in [0.25, 0.3) is 5.69 Å². The Hall–Kier alpha value is -3.19. The molecule has 0 radical (unpaired) electrons. The van der Waals surface area contributed by atoms with Crippen molar-refractivity contribution in [1.82, 2.24) is 9.80 Å². The molecule has 1 unspecified atom stereocenters. The number of amides is 1. The fourth-order valence-electron chi connectivity index (χ4n) is 5.28. The molecule has 5 rings (SSSR count).